The van der Waals surface area contributed by atoms with Gasteiger partial charge in [-0.25, -0.2) is 0 Å². The number of hydrogen-bond acceptors (Lipinski definition) is 2. The molecule has 2 fully saturated rings. The molecule has 2 nitrogen and oxygen atoms in total. The fraction of sp³-hybridized carbons (Fsp3) is 1.00. The third-order valence-electron chi connectivity index (χ3n) is 3.92. The number of nitrogens with one attached hydrogen (secondary N) is 1. The highest BCUT2D eigenvalue weighted by molar-refractivity contribution is 4.97. The molecule has 2 saturated heterocycles. The Kier molecular flexibility index (Phi) is 2.61. The molecule has 76 valence electrons. The van der Waals surface area contributed by atoms with Gasteiger partial charge < -0.3 is 10.1 Å². The van der Waals surface area contributed by atoms with E-state index in [2.05, 4.69) is 19.2 Å². The van der Waals surface area contributed by atoms with E-state index in [1.165, 1.54) is 25.9 Å². The van der Waals surface area contributed by atoms with Gasteiger partial charge in [0.25, 0.3) is 0 Å². The molecule has 0 amide bonds. The average molecular weight is 183 g/mol. The van der Waals surface area contributed by atoms with E-state index in [0.29, 0.717) is 5.41 Å². The number of rotatable bonds is 1. The van der Waals surface area contributed by atoms with Crippen molar-refractivity contribution in [1.82, 2.24) is 5.32 Å². The quantitative estimate of drug-likeness (QED) is 0.667. The zero-order valence-corrected chi connectivity index (χ0v) is 8.81. The predicted molar refractivity (Wildman–Crippen MR) is 53.7 cm³/mol. The van der Waals surface area contributed by atoms with Gasteiger partial charge in [0, 0.05) is 19.8 Å². The molecule has 0 aromatic carbocycles. The first kappa shape index (κ1) is 9.47. The molecule has 2 heterocycles. The van der Waals surface area contributed by atoms with Crippen molar-refractivity contribution in [2.24, 2.45) is 17.3 Å². The SMILES string of the molecule is CC(C)C1CNCC12CCOCC2. The fourth-order valence-electron chi connectivity index (χ4n) is 3.09. The Morgan fingerprint density at radius 3 is 2.62 bits per heavy atom. The summed E-state index contributed by atoms with van der Waals surface area (Å²) < 4.78 is 5.46. The van der Waals surface area contributed by atoms with Crippen molar-refractivity contribution < 1.29 is 4.74 Å². The van der Waals surface area contributed by atoms with Crippen LogP contribution in [0, 0.1) is 17.3 Å². The van der Waals surface area contributed by atoms with Gasteiger partial charge in [0.15, 0.2) is 0 Å². The number of hydrogen-bond donors (Lipinski definition) is 1. The van der Waals surface area contributed by atoms with Crippen LogP contribution in [0.15, 0.2) is 0 Å². The Bertz CT molecular complexity index is 173. The lowest BCUT2D eigenvalue weighted by atomic mass is 9.68. The van der Waals surface area contributed by atoms with Crippen molar-refractivity contribution in [3.05, 3.63) is 0 Å². The van der Waals surface area contributed by atoms with Crippen molar-refractivity contribution in [3.8, 4) is 0 Å². The predicted octanol–water partition coefficient (Wildman–Crippen LogP) is 1.66. The van der Waals surface area contributed by atoms with Gasteiger partial charge in [-0.3, -0.25) is 0 Å². The summed E-state index contributed by atoms with van der Waals surface area (Å²) >= 11 is 0. The zero-order valence-electron chi connectivity index (χ0n) is 8.81. The monoisotopic (exact) mass is 183 g/mol. The standard InChI is InChI=1S/C11H21NO/c1-9(2)10-7-12-8-11(10)3-5-13-6-4-11/h9-10,12H,3-8H2,1-2H3. The molecule has 2 rings (SSSR count). The molecule has 0 radical (unpaired) electrons. The van der Waals surface area contributed by atoms with Crippen LogP contribution in [0.25, 0.3) is 0 Å². The van der Waals surface area contributed by atoms with E-state index in [4.69, 9.17) is 4.74 Å². The maximum absolute atomic E-state index is 5.46. The fourth-order valence-corrected chi connectivity index (χ4v) is 3.09. The summed E-state index contributed by atoms with van der Waals surface area (Å²) in [6, 6.07) is 0. The zero-order chi connectivity index (χ0) is 9.31. The molecule has 1 N–H and O–H groups in total. The molecule has 0 aromatic rings. The molecular weight excluding hydrogens is 162 g/mol. The topological polar surface area (TPSA) is 21.3 Å². The van der Waals surface area contributed by atoms with Crippen molar-refractivity contribution in [1.29, 1.82) is 0 Å². The van der Waals surface area contributed by atoms with Gasteiger partial charge in [0.05, 0.1) is 0 Å². The van der Waals surface area contributed by atoms with E-state index < -0.39 is 0 Å². The Morgan fingerprint density at radius 2 is 2.00 bits per heavy atom. The molecule has 0 aliphatic carbocycles. The van der Waals surface area contributed by atoms with Crippen molar-refractivity contribution in [2.45, 2.75) is 26.7 Å². The second kappa shape index (κ2) is 3.58. The van der Waals surface area contributed by atoms with Gasteiger partial charge in [-0.05, 0) is 36.6 Å². The van der Waals surface area contributed by atoms with Gasteiger partial charge in [0.2, 0.25) is 0 Å². The second-order valence-electron chi connectivity index (χ2n) is 4.96. The normalized spacial score (nSPS) is 33.0. The van der Waals surface area contributed by atoms with Crippen LogP contribution in [0.3, 0.4) is 0 Å². The Labute approximate surface area is 81.0 Å². The second-order valence-corrected chi connectivity index (χ2v) is 4.96. The molecule has 0 bridgehead atoms. The number of ether oxygens (including phenoxy) is 1. The third kappa shape index (κ3) is 1.62. The van der Waals surface area contributed by atoms with Gasteiger partial charge in [-0.2, -0.15) is 0 Å². The maximum atomic E-state index is 5.46. The molecule has 1 spiro atoms. The lowest BCUT2D eigenvalue weighted by Gasteiger charge is -2.39. The molecule has 13 heavy (non-hydrogen) atoms. The van der Waals surface area contributed by atoms with Gasteiger partial charge in [0.1, 0.15) is 0 Å². The van der Waals surface area contributed by atoms with Crippen molar-refractivity contribution in [3.63, 3.8) is 0 Å². The van der Waals surface area contributed by atoms with Crippen LogP contribution in [-0.2, 0) is 4.74 Å². The third-order valence-corrected chi connectivity index (χ3v) is 3.92. The van der Waals surface area contributed by atoms with Crippen LogP contribution in [0.5, 0.6) is 0 Å². The van der Waals surface area contributed by atoms with Gasteiger partial charge >= 0.3 is 0 Å². The first-order valence-corrected chi connectivity index (χ1v) is 5.53. The summed E-state index contributed by atoms with van der Waals surface area (Å²) in [6.45, 7) is 9.11. The van der Waals surface area contributed by atoms with Crippen LogP contribution in [-0.4, -0.2) is 26.3 Å². The molecule has 1 atom stereocenters. The average Bonchev–Trinajstić information content (AvgIpc) is 2.50. The summed E-state index contributed by atoms with van der Waals surface area (Å²) in [5.74, 6) is 1.68. The summed E-state index contributed by atoms with van der Waals surface area (Å²) in [6.07, 6.45) is 2.53. The van der Waals surface area contributed by atoms with Crippen LogP contribution in [0.2, 0.25) is 0 Å². The Balaban J connectivity index is 2.09. The molecule has 2 aliphatic rings. The lowest BCUT2D eigenvalue weighted by molar-refractivity contribution is -0.00721. The largest absolute Gasteiger partial charge is 0.381 e. The van der Waals surface area contributed by atoms with E-state index in [-0.39, 0.29) is 0 Å². The lowest BCUT2D eigenvalue weighted by Crippen LogP contribution is -2.38. The molecule has 2 aliphatic heterocycles. The highest BCUT2D eigenvalue weighted by Crippen LogP contribution is 2.44. The Hall–Kier alpha value is -0.0800. The summed E-state index contributed by atoms with van der Waals surface area (Å²) in [5, 5.41) is 3.56. The minimum atomic E-state index is 0.576. The molecule has 0 saturated carbocycles. The van der Waals surface area contributed by atoms with E-state index in [9.17, 15) is 0 Å². The summed E-state index contributed by atoms with van der Waals surface area (Å²) in [5.41, 5.74) is 0.576. The van der Waals surface area contributed by atoms with Crippen LogP contribution >= 0.6 is 0 Å². The first-order valence-electron chi connectivity index (χ1n) is 5.53. The van der Waals surface area contributed by atoms with Gasteiger partial charge in [-0.1, -0.05) is 13.8 Å². The smallest absolute Gasteiger partial charge is 0.0471 e. The van der Waals surface area contributed by atoms with Crippen LogP contribution in [0.4, 0.5) is 0 Å². The highest BCUT2D eigenvalue weighted by atomic mass is 16.5. The maximum Gasteiger partial charge on any atom is 0.0471 e. The molecular formula is C11H21NO. The van der Waals surface area contributed by atoms with E-state index in [0.717, 1.165) is 25.0 Å². The Morgan fingerprint density at radius 1 is 1.31 bits per heavy atom. The molecule has 0 aromatic heterocycles. The van der Waals surface area contributed by atoms with Crippen molar-refractivity contribution in [2.75, 3.05) is 26.3 Å². The van der Waals surface area contributed by atoms with E-state index in [1.807, 2.05) is 0 Å². The summed E-state index contributed by atoms with van der Waals surface area (Å²) in [7, 11) is 0. The highest BCUT2D eigenvalue weighted by Gasteiger charge is 2.44. The van der Waals surface area contributed by atoms with Crippen LogP contribution in [0.1, 0.15) is 26.7 Å². The van der Waals surface area contributed by atoms with E-state index >= 15 is 0 Å². The van der Waals surface area contributed by atoms with Gasteiger partial charge in [-0.15, -0.1) is 0 Å². The minimum absolute atomic E-state index is 0.576. The van der Waals surface area contributed by atoms with Crippen molar-refractivity contribution >= 4 is 0 Å². The van der Waals surface area contributed by atoms with E-state index in [1.54, 1.807) is 0 Å². The molecule has 2 heteroatoms. The summed E-state index contributed by atoms with van der Waals surface area (Å²) in [4.78, 5) is 0. The first-order chi connectivity index (χ1) is 6.25. The molecule has 1 unspecified atom stereocenters. The minimum Gasteiger partial charge on any atom is -0.381 e. The van der Waals surface area contributed by atoms with Crippen LogP contribution < -0.4 is 5.32 Å².